The van der Waals surface area contributed by atoms with E-state index in [1.54, 1.807) is 18.6 Å². The molecule has 0 saturated carbocycles. The van der Waals surface area contributed by atoms with Gasteiger partial charge in [-0.1, -0.05) is 18.2 Å². The number of rotatable bonds is 3. The second-order valence-electron chi connectivity index (χ2n) is 6.01. The number of urea groups is 1. The summed E-state index contributed by atoms with van der Waals surface area (Å²) in [6.45, 7) is 1.32. The summed E-state index contributed by atoms with van der Waals surface area (Å²) in [5, 5.41) is 11.1. The number of aromatic nitrogens is 2. The number of anilines is 1. The van der Waals surface area contributed by atoms with E-state index in [2.05, 4.69) is 15.5 Å². The van der Waals surface area contributed by atoms with Gasteiger partial charge in [0.15, 0.2) is 0 Å². The fourth-order valence-corrected chi connectivity index (χ4v) is 2.96. The molecule has 1 aliphatic rings. The number of para-hydroxylation sites is 1. The van der Waals surface area contributed by atoms with Crippen molar-refractivity contribution in [3.05, 3.63) is 54.8 Å². The number of likely N-dealkylation sites (tertiary alicyclic amines) is 1. The van der Waals surface area contributed by atoms with Crippen LogP contribution in [0.3, 0.4) is 0 Å². The van der Waals surface area contributed by atoms with Crippen LogP contribution in [0, 0.1) is 0 Å². The average molecular weight is 338 g/mol. The standard InChI is InChI=1S/C18H18N4O3/c23-18(19-15-4-2-1-3-5-15)22-9-6-13(7-10-22)16-20-21-17(25-16)14-8-11-24-12-14/h1-5,8,11-13H,6-7,9-10H2,(H,19,23). The van der Waals surface area contributed by atoms with Gasteiger partial charge >= 0.3 is 6.03 Å². The normalized spacial score (nSPS) is 15.3. The zero-order chi connectivity index (χ0) is 17.1. The van der Waals surface area contributed by atoms with Gasteiger partial charge in [-0.3, -0.25) is 0 Å². The number of carbonyl (C=O) groups is 1. The maximum atomic E-state index is 12.3. The van der Waals surface area contributed by atoms with Crippen LogP contribution in [0.4, 0.5) is 10.5 Å². The van der Waals surface area contributed by atoms with Crippen molar-refractivity contribution in [1.29, 1.82) is 0 Å². The number of nitrogens with zero attached hydrogens (tertiary/aromatic N) is 3. The van der Waals surface area contributed by atoms with Crippen molar-refractivity contribution < 1.29 is 13.6 Å². The summed E-state index contributed by atoms with van der Waals surface area (Å²) in [7, 11) is 0. The summed E-state index contributed by atoms with van der Waals surface area (Å²) in [5.41, 5.74) is 1.58. The fraction of sp³-hybridized carbons (Fsp3) is 0.278. The Kier molecular flexibility index (Phi) is 4.20. The second-order valence-corrected chi connectivity index (χ2v) is 6.01. The first-order valence-corrected chi connectivity index (χ1v) is 8.26. The van der Waals surface area contributed by atoms with Gasteiger partial charge in [-0.15, -0.1) is 10.2 Å². The highest BCUT2D eigenvalue weighted by molar-refractivity contribution is 5.89. The zero-order valence-electron chi connectivity index (χ0n) is 13.6. The van der Waals surface area contributed by atoms with Crippen LogP contribution >= 0.6 is 0 Å². The molecule has 7 nitrogen and oxygen atoms in total. The van der Waals surface area contributed by atoms with Crippen LogP contribution in [0.15, 0.2) is 57.8 Å². The molecule has 0 bridgehead atoms. The smallest absolute Gasteiger partial charge is 0.321 e. The minimum Gasteiger partial charge on any atom is -0.472 e. The highest BCUT2D eigenvalue weighted by Gasteiger charge is 2.27. The van der Waals surface area contributed by atoms with E-state index in [1.165, 1.54) is 0 Å². The first kappa shape index (κ1) is 15.4. The number of piperidine rings is 1. The molecule has 7 heteroatoms. The first-order chi connectivity index (χ1) is 12.3. The Hall–Kier alpha value is -3.09. The maximum Gasteiger partial charge on any atom is 0.321 e. The van der Waals surface area contributed by atoms with Crippen molar-refractivity contribution in [2.75, 3.05) is 18.4 Å². The number of nitrogens with one attached hydrogen (secondary N) is 1. The van der Waals surface area contributed by atoms with Gasteiger partial charge in [0.05, 0.1) is 11.8 Å². The average Bonchev–Trinajstić information content (AvgIpc) is 3.34. The Morgan fingerprint density at radius 1 is 1.12 bits per heavy atom. The molecule has 2 amide bonds. The quantitative estimate of drug-likeness (QED) is 0.786. The molecular formula is C18H18N4O3. The van der Waals surface area contributed by atoms with E-state index in [1.807, 2.05) is 35.2 Å². The zero-order valence-corrected chi connectivity index (χ0v) is 13.6. The third kappa shape index (κ3) is 3.40. The van der Waals surface area contributed by atoms with Crippen molar-refractivity contribution in [3.8, 4) is 11.5 Å². The number of hydrogen-bond acceptors (Lipinski definition) is 5. The van der Waals surface area contributed by atoms with E-state index < -0.39 is 0 Å². The third-order valence-corrected chi connectivity index (χ3v) is 4.37. The third-order valence-electron chi connectivity index (χ3n) is 4.37. The largest absolute Gasteiger partial charge is 0.472 e. The van der Waals surface area contributed by atoms with E-state index in [9.17, 15) is 4.79 Å². The highest BCUT2D eigenvalue weighted by atomic mass is 16.4. The minimum absolute atomic E-state index is 0.0748. The summed E-state index contributed by atoms with van der Waals surface area (Å²) < 4.78 is 10.8. The van der Waals surface area contributed by atoms with Gasteiger partial charge in [0.1, 0.15) is 6.26 Å². The van der Waals surface area contributed by atoms with Crippen molar-refractivity contribution in [1.82, 2.24) is 15.1 Å². The molecule has 25 heavy (non-hydrogen) atoms. The first-order valence-electron chi connectivity index (χ1n) is 8.26. The van der Waals surface area contributed by atoms with E-state index in [4.69, 9.17) is 8.83 Å². The van der Waals surface area contributed by atoms with Gasteiger partial charge in [-0.2, -0.15) is 0 Å². The molecule has 2 aromatic heterocycles. The summed E-state index contributed by atoms with van der Waals surface area (Å²) in [4.78, 5) is 14.1. The molecule has 1 saturated heterocycles. The Balaban J connectivity index is 1.34. The van der Waals surface area contributed by atoms with E-state index in [0.29, 0.717) is 24.9 Å². The van der Waals surface area contributed by atoms with E-state index in [0.717, 1.165) is 24.1 Å². The van der Waals surface area contributed by atoms with Crippen LogP contribution in [-0.2, 0) is 0 Å². The highest BCUT2D eigenvalue weighted by Crippen LogP contribution is 2.29. The number of benzene rings is 1. The van der Waals surface area contributed by atoms with Gasteiger partial charge in [0.2, 0.25) is 5.89 Å². The Bertz CT molecular complexity index is 821. The van der Waals surface area contributed by atoms with Crippen molar-refractivity contribution in [3.63, 3.8) is 0 Å². The van der Waals surface area contributed by atoms with Crippen molar-refractivity contribution >= 4 is 11.7 Å². The monoisotopic (exact) mass is 338 g/mol. The lowest BCUT2D eigenvalue weighted by molar-refractivity contribution is 0.190. The molecule has 1 N–H and O–H groups in total. The van der Waals surface area contributed by atoms with Gasteiger partial charge in [0, 0.05) is 24.7 Å². The molecule has 1 fully saturated rings. The molecule has 0 unspecified atom stereocenters. The Labute approximate surface area is 144 Å². The lowest BCUT2D eigenvalue weighted by Crippen LogP contribution is -2.40. The summed E-state index contributed by atoms with van der Waals surface area (Å²) in [6, 6.07) is 11.2. The van der Waals surface area contributed by atoms with Gasteiger partial charge in [-0.25, -0.2) is 4.79 Å². The summed E-state index contributed by atoms with van der Waals surface area (Å²) in [5.74, 6) is 1.27. The van der Waals surface area contributed by atoms with Crippen LogP contribution in [0.2, 0.25) is 0 Å². The van der Waals surface area contributed by atoms with Gasteiger partial charge < -0.3 is 19.1 Å². The summed E-state index contributed by atoms with van der Waals surface area (Å²) in [6.07, 6.45) is 4.75. The molecule has 0 aliphatic carbocycles. The van der Waals surface area contributed by atoms with Gasteiger partial charge in [-0.05, 0) is 31.0 Å². The van der Waals surface area contributed by atoms with Crippen LogP contribution in [0.1, 0.15) is 24.7 Å². The molecule has 1 aliphatic heterocycles. The predicted molar refractivity (Wildman–Crippen MR) is 91.0 cm³/mol. The number of furan rings is 1. The van der Waals surface area contributed by atoms with Crippen LogP contribution in [0.25, 0.3) is 11.5 Å². The van der Waals surface area contributed by atoms with Crippen LogP contribution in [-0.4, -0.2) is 34.2 Å². The Morgan fingerprint density at radius 2 is 1.92 bits per heavy atom. The van der Waals surface area contributed by atoms with E-state index >= 15 is 0 Å². The topological polar surface area (TPSA) is 84.4 Å². The number of carbonyl (C=O) groups excluding carboxylic acids is 1. The molecule has 3 aromatic rings. The number of amides is 2. The molecule has 4 rings (SSSR count). The molecular weight excluding hydrogens is 320 g/mol. The van der Waals surface area contributed by atoms with E-state index in [-0.39, 0.29) is 11.9 Å². The molecule has 0 atom stereocenters. The maximum absolute atomic E-state index is 12.3. The molecule has 1 aromatic carbocycles. The Morgan fingerprint density at radius 3 is 2.64 bits per heavy atom. The SMILES string of the molecule is O=C(Nc1ccccc1)N1CCC(c2nnc(-c3ccoc3)o2)CC1. The summed E-state index contributed by atoms with van der Waals surface area (Å²) >= 11 is 0. The molecule has 128 valence electrons. The van der Waals surface area contributed by atoms with Crippen molar-refractivity contribution in [2.45, 2.75) is 18.8 Å². The van der Waals surface area contributed by atoms with Crippen LogP contribution < -0.4 is 5.32 Å². The molecule has 3 heterocycles. The minimum atomic E-state index is -0.0748. The fourth-order valence-electron chi connectivity index (χ4n) is 2.96. The molecule has 0 spiro atoms. The second kappa shape index (κ2) is 6.80. The van der Waals surface area contributed by atoms with Crippen LogP contribution in [0.5, 0.6) is 0 Å². The lowest BCUT2D eigenvalue weighted by atomic mass is 9.97. The lowest BCUT2D eigenvalue weighted by Gasteiger charge is -2.30. The number of hydrogen-bond donors (Lipinski definition) is 1. The van der Waals surface area contributed by atoms with Gasteiger partial charge in [0.25, 0.3) is 5.89 Å². The van der Waals surface area contributed by atoms with Crippen molar-refractivity contribution in [2.24, 2.45) is 0 Å². The molecule has 0 radical (unpaired) electrons. The predicted octanol–water partition coefficient (Wildman–Crippen LogP) is 3.74.